The van der Waals surface area contributed by atoms with Crippen LogP contribution in [0.25, 0.3) is 0 Å². The second kappa shape index (κ2) is 8.88. The molecule has 1 aliphatic rings. The Hall–Kier alpha value is -1.58. The van der Waals surface area contributed by atoms with E-state index in [-0.39, 0.29) is 28.9 Å². The molecule has 1 aliphatic carbocycles. The number of hydrogen-bond acceptors (Lipinski definition) is 3. The third kappa shape index (κ3) is 5.56. The lowest BCUT2D eigenvalue weighted by Gasteiger charge is -2.10. The third-order valence-corrected chi connectivity index (χ3v) is 6.73. The van der Waals surface area contributed by atoms with Gasteiger partial charge in [-0.2, -0.15) is 18.3 Å². The Bertz CT molecular complexity index is 982. The van der Waals surface area contributed by atoms with Gasteiger partial charge in [-0.15, -0.1) is 0 Å². The van der Waals surface area contributed by atoms with Gasteiger partial charge < -0.3 is 0 Å². The van der Waals surface area contributed by atoms with E-state index in [1.807, 2.05) is 0 Å². The van der Waals surface area contributed by atoms with Gasteiger partial charge in [-0.05, 0) is 49.3 Å². The first-order valence-electron chi connectivity index (χ1n) is 9.91. The van der Waals surface area contributed by atoms with E-state index in [2.05, 4.69) is 23.7 Å². The van der Waals surface area contributed by atoms with E-state index >= 15 is 0 Å². The molecule has 1 heterocycles. The Morgan fingerprint density at radius 3 is 2.40 bits per heavy atom. The van der Waals surface area contributed by atoms with Crippen molar-refractivity contribution in [3.05, 3.63) is 46.2 Å². The summed E-state index contributed by atoms with van der Waals surface area (Å²) in [6.07, 6.45) is -1.90. The molecule has 1 saturated carbocycles. The smallest absolute Gasteiger partial charge is 0.267 e. The Morgan fingerprint density at radius 1 is 1.23 bits per heavy atom. The number of nitrogens with one attached hydrogen (secondary N) is 1. The van der Waals surface area contributed by atoms with Gasteiger partial charge in [-0.3, -0.25) is 4.68 Å². The summed E-state index contributed by atoms with van der Waals surface area (Å²) >= 11 is 5.94. The van der Waals surface area contributed by atoms with Crippen LogP contribution in [0.15, 0.2) is 29.2 Å². The minimum absolute atomic E-state index is 0.0119. The van der Waals surface area contributed by atoms with Crippen molar-refractivity contribution in [2.45, 2.75) is 63.1 Å². The number of benzene rings is 1. The summed E-state index contributed by atoms with van der Waals surface area (Å²) in [6.45, 7) is 4.41. The molecule has 0 bridgehead atoms. The molecule has 1 fully saturated rings. The number of halogens is 4. The van der Waals surface area contributed by atoms with Gasteiger partial charge in [0.2, 0.25) is 10.0 Å². The highest BCUT2D eigenvalue weighted by Gasteiger charge is 2.41. The summed E-state index contributed by atoms with van der Waals surface area (Å²) in [7, 11) is -3.69. The van der Waals surface area contributed by atoms with Gasteiger partial charge in [0.05, 0.1) is 15.6 Å². The molecule has 2 aromatic rings. The van der Waals surface area contributed by atoms with Gasteiger partial charge in [0.25, 0.3) is 0 Å². The minimum Gasteiger partial charge on any atom is -0.267 e. The summed E-state index contributed by atoms with van der Waals surface area (Å²) in [5.41, 5.74) is 0.383. The topological polar surface area (TPSA) is 64.0 Å². The van der Waals surface area contributed by atoms with E-state index in [0.29, 0.717) is 18.0 Å². The lowest BCUT2D eigenvalue weighted by molar-refractivity contribution is -0.141. The van der Waals surface area contributed by atoms with Crippen molar-refractivity contribution in [2.75, 3.05) is 6.54 Å². The number of aromatic nitrogens is 2. The van der Waals surface area contributed by atoms with Crippen molar-refractivity contribution in [2.24, 2.45) is 5.92 Å². The molecule has 0 saturated heterocycles. The normalized spacial score (nSPS) is 15.2. The number of rotatable bonds is 9. The Balaban J connectivity index is 1.60. The first kappa shape index (κ1) is 23.1. The molecule has 1 N–H and O–H groups in total. The standard InChI is InChI=1S/C20H25ClF3N3O2S/c1-13(2)12-14-4-8-16(9-5-14)30(28,29)25-10-3-11-27-18(15-6-7-15)17(21)19(26-27)20(22,23)24/h4-5,8-9,13,15,25H,3,6-7,10-12H2,1-2H3. The zero-order chi connectivity index (χ0) is 22.1. The number of nitrogens with zero attached hydrogens (tertiary/aromatic N) is 2. The van der Waals surface area contributed by atoms with E-state index in [9.17, 15) is 21.6 Å². The van der Waals surface area contributed by atoms with Gasteiger partial charge in [-0.25, -0.2) is 13.1 Å². The maximum Gasteiger partial charge on any atom is 0.436 e. The molecule has 0 aliphatic heterocycles. The first-order valence-corrected chi connectivity index (χ1v) is 11.8. The molecule has 1 aromatic carbocycles. The highest BCUT2D eigenvalue weighted by atomic mass is 35.5. The minimum atomic E-state index is -4.62. The van der Waals surface area contributed by atoms with Gasteiger partial charge in [0, 0.05) is 19.0 Å². The maximum atomic E-state index is 13.1. The van der Waals surface area contributed by atoms with Crippen molar-refractivity contribution in [1.82, 2.24) is 14.5 Å². The predicted octanol–water partition coefficient (Wildman–Crippen LogP) is 5.00. The zero-order valence-electron chi connectivity index (χ0n) is 16.8. The molecule has 1 aromatic heterocycles. The van der Waals surface area contributed by atoms with Gasteiger partial charge >= 0.3 is 6.18 Å². The lowest BCUT2D eigenvalue weighted by atomic mass is 10.0. The summed E-state index contributed by atoms with van der Waals surface area (Å²) in [6, 6.07) is 6.71. The molecular weight excluding hydrogens is 439 g/mol. The monoisotopic (exact) mass is 463 g/mol. The lowest BCUT2D eigenvalue weighted by Crippen LogP contribution is -2.26. The van der Waals surface area contributed by atoms with Crippen molar-refractivity contribution < 1.29 is 21.6 Å². The van der Waals surface area contributed by atoms with Gasteiger partial charge in [0.1, 0.15) is 0 Å². The van der Waals surface area contributed by atoms with Crippen molar-refractivity contribution in [1.29, 1.82) is 0 Å². The summed E-state index contributed by atoms with van der Waals surface area (Å²) in [5, 5.41) is 3.31. The highest BCUT2D eigenvalue weighted by Crippen LogP contribution is 2.46. The molecule has 0 radical (unpaired) electrons. The van der Waals surface area contributed by atoms with Gasteiger partial charge in [0.15, 0.2) is 5.69 Å². The SMILES string of the molecule is CC(C)Cc1ccc(S(=O)(=O)NCCCn2nc(C(F)(F)F)c(Cl)c2C2CC2)cc1. The van der Waals surface area contributed by atoms with E-state index in [1.165, 1.54) is 4.68 Å². The number of alkyl halides is 3. The van der Waals surface area contributed by atoms with Crippen LogP contribution in [-0.2, 0) is 29.2 Å². The average molecular weight is 464 g/mol. The highest BCUT2D eigenvalue weighted by molar-refractivity contribution is 7.89. The van der Waals surface area contributed by atoms with Crippen LogP contribution in [0.1, 0.15) is 56.0 Å². The molecule has 0 unspecified atom stereocenters. The fraction of sp³-hybridized carbons (Fsp3) is 0.550. The van der Waals surface area contributed by atoms with Crippen molar-refractivity contribution in [3.8, 4) is 0 Å². The van der Waals surface area contributed by atoms with Crippen LogP contribution < -0.4 is 4.72 Å². The van der Waals surface area contributed by atoms with Crippen LogP contribution in [0.5, 0.6) is 0 Å². The fourth-order valence-corrected chi connectivity index (χ4v) is 4.82. The Kier molecular flexibility index (Phi) is 6.84. The molecule has 0 spiro atoms. The van der Waals surface area contributed by atoms with Crippen LogP contribution in [0.2, 0.25) is 5.02 Å². The molecule has 3 rings (SSSR count). The molecule has 0 amide bonds. The molecule has 30 heavy (non-hydrogen) atoms. The van der Waals surface area contributed by atoms with E-state index < -0.39 is 21.9 Å². The third-order valence-electron chi connectivity index (χ3n) is 4.88. The molecule has 166 valence electrons. The molecule has 10 heteroatoms. The molecular formula is C20H25ClF3N3O2S. The number of sulfonamides is 1. The Morgan fingerprint density at radius 2 is 1.87 bits per heavy atom. The second-order valence-corrected chi connectivity index (χ2v) is 10.2. The fourth-order valence-electron chi connectivity index (χ4n) is 3.35. The zero-order valence-corrected chi connectivity index (χ0v) is 18.4. The number of aryl methyl sites for hydroxylation is 1. The van der Waals surface area contributed by atoms with E-state index in [1.54, 1.807) is 24.3 Å². The number of hydrogen-bond donors (Lipinski definition) is 1. The van der Waals surface area contributed by atoms with Crippen LogP contribution in [0.3, 0.4) is 0 Å². The second-order valence-electron chi connectivity index (χ2n) is 8.04. The van der Waals surface area contributed by atoms with Crippen LogP contribution in [0, 0.1) is 5.92 Å². The maximum absolute atomic E-state index is 13.1. The molecule has 5 nitrogen and oxygen atoms in total. The quantitative estimate of drug-likeness (QED) is 0.532. The molecule has 0 atom stereocenters. The Labute approximate surface area is 179 Å². The summed E-state index contributed by atoms with van der Waals surface area (Å²) in [4.78, 5) is 0.162. The predicted molar refractivity (Wildman–Crippen MR) is 109 cm³/mol. The van der Waals surface area contributed by atoms with Crippen molar-refractivity contribution >= 4 is 21.6 Å². The first-order chi connectivity index (χ1) is 14.0. The summed E-state index contributed by atoms with van der Waals surface area (Å²) < 4.78 is 68.0. The van der Waals surface area contributed by atoms with E-state index in [0.717, 1.165) is 24.8 Å². The van der Waals surface area contributed by atoms with E-state index in [4.69, 9.17) is 11.6 Å². The van der Waals surface area contributed by atoms with Crippen LogP contribution in [-0.4, -0.2) is 24.7 Å². The van der Waals surface area contributed by atoms with Crippen LogP contribution in [0.4, 0.5) is 13.2 Å². The van der Waals surface area contributed by atoms with Crippen molar-refractivity contribution in [3.63, 3.8) is 0 Å². The van der Waals surface area contributed by atoms with Gasteiger partial charge in [-0.1, -0.05) is 37.6 Å². The largest absolute Gasteiger partial charge is 0.436 e. The average Bonchev–Trinajstić information content (AvgIpc) is 3.41. The summed E-state index contributed by atoms with van der Waals surface area (Å²) in [5.74, 6) is 0.460. The van der Waals surface area contributed by atoms with Crippen LogP contribution >= 0.6 is 11.6 Å².